The fourth-order valence-corrected chi connectivity index (χ4v) is 5.46. The maximum absolute atomic E-state index is 15.1. The number of nitrogens with zero attached hydrogens (tertiary/aromatic N) is 3. The van der Waals surface area contributed by atoms with Gasteiger partial charge < -0.3 is 24.2 Å². The number of hydrogen-bond acceptors (Lipinski definition) is 6. The molecule has 0 amide bonds. The molecule has 1 fully saturated rings. The Hall–Kier alpha value is -1.97. The van der Waals surface area contributed by atoms with Crippen molar-refractivity contribution in [3.63, 3.8) is 0 Å². The van der Waals surface area contributed by atoms with Crippen LogP contribution in [0.2, 0.25) is 0 Å². The fraction of sp³-hybridized carbons (Fsp3) is 0.444. The third-order valence-electron chi connectivity index (χ3n) is 5.56. The molecule has 1 N–H and O–H groups in total. The number of pyridine rings is 1. The van der Waals surface area contributed by atoms with Gasteiger partial charge in [-0.25, -0.2) is 9.18 Å². The van der Waals surface area contributed by atoms with E-state index < -0.39 is 17.2 Å². The topological polar surface area (TPSA) is 75.0 Å². The number of anilines is 1. The monoisotopic (exact) mass is 427 g/mol. The fourth-order valence-electron chi connectivity index (χ4n) is 4.16. The van der Waals surface area contributed by atoms with E-state index in [-0.39, 0.29) is 29.4 Å². The van der Waals surface area contributed by atoms with E-state index in [4.69, 9.17) is 4.74 Å². The van der Waals surface area contributed by atoms with Crippen LogP contribution in [0.15, 0.2) is 15.9 Å². The zero-order valence-corrected chi connectivity index (χ0v) is 16.7. The quantitative estimate of drug-likeness (QED) is 0.786. The van der Waals surface area contributed by atoms with E-state index in [0.29, 0.717) is 47.4 Å². The van der Waals surface area contributed by atoms with Crippen LogP contribution in [0.25, 0.3) is 10.9 Å². The number of ether oxygens (including phenoxy) is 1. The smallest absolute Gasteiger partial charge is 0.342 e. The van der Waals surface area contributed by atoms with Gasteiger partial charge in [0.25, 0.3) is 0 Å². The normalized spacial score (nSPS) is 20.8. The second-order valence-electron chi connectivity index (χ2n) is 7.18. The Morgan fingerprint density at radius 1 is 1.32 bits per heavy atom. The summed E-state index contributed by atoms with van der Waals surface area (Å²) >= 11 is 1.35. The molecule has 1 unspecified atom stereocenters. The molecule has 2 aromatic rings. The lowest BCUT2D eigenvalue weighted by atomic mass is 10.1. The van der Waals surface area contributed by atoms with Gasteiger partial charge in [-0.1, -0.05) is 0 Å². The lowest BCUT2D eigenvalue weighted by Crippen LogP contribution is -2.45. The molecule has 0 saturated carbocycles. The molecule has 4 heterocycles. The van der Waals surface area contributed by atoms with Crippen LogP contribution in [0, 0.1) is 5.82 Å². The number of carboxylic acids is 1. The number of hydrogen-bond donors (Lipinski definition) is 1. The van der Waals surface area contributed by atoms with Crippen molar-refractivity contribution in [2.75, 3.05) is 50.5 Å². The zero-order valence-electron chi connectivity index (χ0n) is 15.1. The van der Waals surface area contributed by atoms with Gasteiger partial charge in [0.15, 0.2) is 11.6 Å². The molecule has 1 saturated heterocycles. The highest BCUT2D eigenvalue weighted by atomic mass is 35.5. The molecule has 1 aromatic heterocycles. The Kier molecular flexibility index (Phi) is 4.71. The van der Waals surface area contributed by atoms with Crippen molar-refractivity contribution < 1.29 is 19.0 Å². The second kappa shape index (κ2) is 6.82. The van der Waals surface area contributed by atoms with E-state index >= 15 is 4.39 Å². The Balaban J connectivity index is 0.00000192. The van der Waals surface area contributed by atoms with Gasteiger partial charge in [-0.3, -0.25) is 4.79 Å². The van der Waals surface area contributed by atoms with Crippen LogP contribution in [0.1, 0.15) is 16.4 Å². The molecule has 5 rings (SSSR count). The Labute approximate surface area is 170 Å². The van der Waals surface area contributed by atoms with Crippen LogP contribution in [-0.4, -0.2) is 66.1 Å². The van der Waals surface area contributed by atoms with Crippen LogP contribution in [0.3, 0.4) is 0 Å². The summed E-state index contributed by atoms with van der Waals surface area (Å²) in [6.45, 7) is 3.29. The number of rotatable bonds is 2. The Bertz CT molecular complexity index is 1050. The summed E-state index contributed by atoms with van der Waals surface area (Å²) in [5, 5.41) is 10.1. The van der Waals surface area contributed by atoms with Gasteiger partial charge >= 0.3 is 5.97 Å². The molecule has 0 aliphatic carbocycles. The van der Waals surface area contributed by atoms with Crippen molar-refractivity contribution in [2.24, 2.45) is 0 Å². The first kappa shape index (κ1) is 19.4. The summed E-state index contributed by atoms with van der Waals surface area (Å²) in [5.41, 5.74) is -0.0122. The minimum Gasteiger partial charge on any atom is -0.487 e. The van der Waals surface area contributed by atoms with E-state index in [1.54, 1.807) is 0 Å². The number of thioether (sulfide) groups is 1. The summed E-state index contributed by atoms with van der Waals surface area (Å²) in [5.74, 6) is -0.811. The second-order valence-corrected chi connectivity index (χ2v) is 8.19. The molecular weight excluding hydrogens is 409 g/mol. The number of halogens is 2. The molecule has 1 atom stereocenters. The highest BCUT2D eigenvalue weighted by Gasteiger charge is 2.38. The summed E-state index contributed by atoms with van der Waals surface area (Å²) in [7, 11) is 2.02. The average Bonchev–Trinajstić information content (AvgIpc) is 3.06. The summed E-state index contributed by atoms with van der Waals surface area (Å²) in [4.78, 5) is 28.7. The highest BCUT2D eigenvalue weighted by Crippen LogP contribution is 2.47. The number of aromatic carboxylic acids is 1. The molecule has 0 spiro atoms. The maximum atomic E-state index is 15.1. The minimum atomic E-state index is -1.27. The van der Waals surface area contributed by atoms with E-state index in [2.05, 4.69) is 4.90 Å². The van der Waals surface area contributed by atoms with Gasteiger partial charge in [-0.15, -0.1) is 24.2 Å². The molecule has 0 bridgehead atoms. The van der Waals surface area contributed by atoms with E-state index in [1.807, 2.05) is 16.5 Å². The molecular formula is C18H19ClFN3O4S. The SMILES string of the molecule is CN1CCN(c2c(F)cc3c(=O)c(C(=O)O)c4n5c3c2OCC5CS4)CC1.Cl. The van der Waals surface area contributed by atoms with Crippen molar-refractivity contribution in [1.29, 1.82) is 0 Å². The van der Waals surface area contributed by atoms with E-state index in [0.717, 1.165) is 13.1 Å². The van der Waals surface area contributed by atoms with Gasteiger partial charge in [-0.2, -0.15) is 0 Å². The van der Waals surface area contributed by atoms with Crippen LogP contribution in [0.4, 0.5) is 10.1 Å². The molecule has 10 heteroatoms. The van der Waals surface area contributed by atoms with Crippen LogP contribution in [0.5, 0.6) is 5.75 Å². The zero-order chi connectivity index (χ0) is 18.9. The molecule has 7 nitrogen and oxygen atoms in total. The first-order valence-electron chi connectivity index (χ1n) is 8.84. The number of piperazine rings is 1. The number of aromatic nitrogens is 1. The van der Waals surface area contributed by atoms with Gasteiger partial charge in [0.2, 0.25) is 5.43 Å². The van der Waals surface area contributed by atoms with Gasteiger partial charge in [0.1, 0.15) is 17.9 Å². The summed E-state index contributed by atoms with van der Waals surface area (Å²) < 4.78 is 22.9. The van der Waals surface area contributed by atoms with Crippen molar-refractivity contribution in [1.82, 2.24) is 9.47 Å². The number of carboxylic acid groups (broad SMARTS) is 1. The molecule has 28 heavy (non-hydrogen) atoms. The first-order valence-corrected chi connectivity index (χ1v) is 9.83. The Morgan fingerprint density at radius 2 is 2.04 bits per heavy atom. The highest BCUT2D eigenvalue weighted by molar-refractivity contribution is 7.99. The van der Waals surface area contributed by atoms with Gasteiger partial charge in [0.05, 0.1) is 22.0 Å². The maximum Gasteiger partial charge on any atom is 0.342 e. The summed E-state index contributed by atoms with van der Waals surface area (Å²) in [6, 6.07) is 1.13. The molecule has 3 aliphatic heterocycles. The number of benzene rings is 1. The van der Waals surface area contributed by atoms with Gasteiger partial charge in [-0.05, 0) is 13.1 Å². The minimum absolute atomic E-state index is 0. The standard InChI is InChI=1S/C18H18FN3O4S.ClH/c1-20-2-4-21(5-3-20)14-11(19)6-10-13-16(14)26-7-9-8-27-17(22(9)13)12(15(10)23)18(24)25;/h6,9H,2-5,7-8H2,1H3,(H,24,25);1H. The predicted octanol–water partition coefficient (Wildman–Crippen LogP) is 2.05. The van der Waals surface area contributed by atoms with Crippen LogP contribution >= 0.6 is 24.2 Å². The van der Waals surface area contributed by atoms with Crippen molar-refractivity contribution in [3.8, 4) is 5.75 Å². The van der Waals surface area contributed by atoms with Crippen molar-refractivity contribution in [2.45, 2.75) is 11.1 Å². The third kappa shape index (κ3) is 2.60. The van der Waals surface area contributed by atoms with E-state index in [9.17, 15) is 14.7 Å². The van der Waals surface area contributed by atoms with Crippen LogP contribution < -0.4 is 15.1 Å². The van der Waals surface area contributed by atoms with E-state index in [1.165, 1.54) is 17.8 Å². The predicted molar refractivity (Wildman–Crippen MR) is 107 cm³/mol. The average molecular weight is 428 g/mol. The number of likely N-dealkylation sites (N-methyl/N-ethyl adjacent to an activating group) is 1. The Morgan fingerprint density at radius 3 is 2.71 bits per heavy atom. The third-order valence-corrected chi connectivity index (χ3v) is 6.78. The lowest BCUT2D eigenvalue weighted by Gasteiger charge is -2.36. The first-order chi connectivity index (χ1) is 13.0. The molecule has 3 aliphatic rings. The number of carbonyl (C=O) groups is 1. The molecule has 150 valence electrons. The van der Waals surface area contributed by atoms with Crippen molar-refractivity contribution >= 4 is 46.7 Å². The molecule has 1 aromatic carbocycles. The molecule has 0 radical (unpaired) electrons. The summed E-state index contributed by atoms with van der Waals surface area (Å²) in [6.07, 6.45) is 0. The van der Waals surface area contributed by atoms with Gasteiger partial charge in [0, 0.05) is 31.9 Å². The largest absolute Gasteiger partial charge is 0.487 e. The van der Waals surface area contributed by atoms with Crippen molar-refractivity contribution in [3.05, 3.63) is 27.7 Å². The lowest BCUT2D eigenvalue weighted by molar-refractivity contribution is 0.0689. The van der Waals surface area contributed by atoms with Crippen LogP contribution in [-0.2, 0) is 0 Å².